The minimum absolute atomic E-state index is 0.114. The normalized spacial score (nSPS) is 10.4. The first-order valence-corrected chi connectivity index (χ1v) is 4.92. The molecule has 5 nitrogen and oxygen atoms in total. The van der Waals surface area contributed by atoms with E-state index in [9.17, 15) is 4.79 Å². The topological polar surface area (TPSA) is 72.1 Å². The highest BCUT2D eigenvalue weighted by Crippen LogP contribution is 2.14. The Balaban J connectivity index is 2.93. The van der Waals surface area contributed by atoms with E-state index >= 15 is 0 Å². The molecule has 0 bridgehead atoms. The van der Waals surface area contributed by atoms with Crippen LogP contribution in [0.15, 0.2) is 12.3 Å². The summed E-state index contributed by atoms with van der Waals surface area (Å²) in [5.41, 5.74) is 5.15. The third kappa shape index (κ3) is 3.36. The molecule has 2 N–H and O–H groups in total. The van der Waals surface area contributed by atoms with Crippen molar-refractivity contribution in [2.45, 2.75) is 19.9 Å². The summed E-state index contributed by atoms with van der Waals surface area (Å²) in [6.07, 6.45) is 1.54. The predicted molar refractivity (Wildman–Crippen MR) is 58.7 cm³/mol. The molecule has 1 aromatic heterocycles. The van der Waals surface area contributed by atoms with Crippen LogP contribution < -0.4 is 10.6 Å². The Morgan fingerprint density at radius 1 is 1.67 bits per heavy atom. The standard InChI is InChI=1S/C9H13ClN4O/c1-6(2)14(5-7(11)15)8-3-4-12-9(10)13-8/h3-4,6H,5H2,1-2H3,(H2,11,15). The van der Waals surface area contributed by atoms with Crippen molar-refractivity contribution in [2.75, 3.05) is 11.4 Å². The van der Waals surface area contributed by atoms with Crippen LogP contribution in [0.5, 0.6) is 0 Å². The molecule has 0 aliphatic carbocycles. The number of hydrogen-bond donors (Lipinski definition) is 1. The van der Waals surface area contributed by atoms with Crippen molar-refractivity contribution in [3.05, 3.63) is 17.5 Å². The number of rotatable bonds is 4. The Bertz CT molecular complexity index is 356. The maximum atomic E-state index is 10.9. The van der Waals surface area contributed by atoms with Crippen molar-refractivity contribution in [1.82, 2.24) is 9.97 Å². The fourth-order valence-corrected chi connectivity index (χ4v) is 1.32. The van der Waals surface area contributed by atoms with Crippen molar-refractivity contribution >= 4 is 23.3 Å². The number of hydrogen-bond acceptors (Lipinski definition) is 4. The van der Waals surface area contributed by atoms with Crippen molar-refractivity contribution < 1.29 is 4.79 Å². The highest BCUT2D eigenvalue weighted by atomic mass is 35.5. The summed E-state index contributed by atoms with van der Waals surface area (Å²) in [5.74, 6) is 0.197. The average Bonchev–Trinajstić information content (AvgIpc) is 2.13. The molecule has 6 heteroatoms. The first-order valence-electron chi connectivity index (χ1n) is 4.54. The van der Waals surface area contributed by atoms with E-state index in [0.717, 1.165) is 0 Å². The van der Waals surface area contributed by atoms with Gasteiger partial charge < -0.3 is 10.6 Å². The predicted octanol–water partition coefficient (Wildman–Crippen LogP) is 0.830. The fourth-order valence-electron chi connectivity index (χ4n) is 1.18. The molecule has 0 unspecified atom stereocenters. The van der Waals surface area contributed by atoms with Gasteiger partial charge in [-0.1, -0.05) is 0 Å². The molecule has 0 saturated carbocycles. The van der Waals surface area contributed by atoms with Gasteiger partial charge in [0.15, 0.2) is 0 Å². The van der Waals surface area contributed by atoms with Crippen LogP contribution in [0.4, 0.5) is 5.82 Å². The monoisotopic (exact) mass is 228 g/mol. The molecule has 1 aromatic rings. The van der Waals surface area contributed by atoms with Gasteiger partial charge in [-0.15, -0.1) is 0 Å². The first-order chi connectivity index (χ1) is 7.00. The minimum Gasteiger partial charge on any atom is -0.368 e. The summed E-state index contributed by atoms with van der Waals surface area (Å²) in [6, 6.07) is 1.80. The zero-order valence-corrected chi connectivity index (χ0v) is 9.40. The third-order valence-electron chi connectivity index (χ3n) is 1.86. The highest BCUT2D eigenvalue weighted by molar-refractivity contribution is 6.28. The third-order valence-corrected chi connectivity index (χ3v) is 2.04. The zero-order chi connectivity index (χ0) is 11.4. The summed E-state index contributed by atoms with van der Waals surface area (Å²) in [4.78, 5) is 20.4. The number of halogens is 1. The Labute approximate surface area is 93.3 Å². The van der Waals surface area contributed by atoms with E-state index in [1.807, 2.05) is 13.8 Å². The number of carbonyl (C=O) groups excluding carboxylic acids is 1. The SMILES string of the molecule is CC(C)N(CC(N)=O)c1ccnc(Cl)n1. The first kappa shape index (κ1) is 11.7. The van der Waals surface area contributed by atoms with E-state index in [1.165, 1.54) is 0 Å². The van der Waals surface area contributed by atoms with Crippen LogP contribution in [0.1, 0.15) is 13.8 Å². The van der Waals surface area contributed by atoms with Crippen molar-refractivity contribution in [3.8, 4) is 0 Å². The maximum Gasteiger partial charge on any atom is 0.237 e. The molecular weight excluding hydrogens is 216 g/mol. The summed E-state index contributed by atoms with van der Waals surface area (Å²) >= 11 is 5.67. The Hall–Kier alpha value is -1.36. The van der Waals surface area contributed by atoms with Gasteiger partial charge in [0.1, 0.15) is 5.82 Å². The van der Waals surface area contributed by atoms with E-state index < -0.39 is 5.91 Å². The number of anilines is 1. The van der Waals surface area contributed by atoms with Crippen LogP contribution in [0, 0.1) is 0 Å². The number of nitrogens with zero attached hydrogens (tertiary/aromatic N) is 3. The Morgan fingerprint density at radius 3 is 2.80 bits per heavy atom. The highest BCUT2D eigenvalue weighted by Gasteiger charge is 2.14. The number of aromatic nitrogens is 2. The molecule has 0 fully saturated rings. The van der Waals surface area contributed by atoms with Crippen LogP contribution in [0.3, 0.4) is 0 Å². The second-order valence-electron chi connectivity index (χ2n) is 3.37. The number of carbonyl (C=O) groups is 1. The average molecular weight is 229 g/mol. The molecule has 15 heavy (non-hydrogen) atoms. The number of nitrogens with two attached hydrogens (primary N) is 1. The van der Waals surface area contributed by atoms with Crippen LogP contribution in [-0.4, -0.2) is 28.5 Å². The maximum absolute atomic E-state index is 10.9. The van der Waals surface area contributed by atoms with Crippen LogP contribution in [0.25, 0.3) is 0 Å². The molecule has 0 spiro atoms. The van der Waals surface area contributed by atoms with Crippen LogP contribution >= 0.6 is 11.6 Å². The molecule has 1 heterocycles. The van der Waals surface area contributed by atoms with Gasteiger partial charge in [0, 0.05) is 12.2 Å². The number of amides is 1. The molecule has 0 saturated heterocycles. The lowest BCUT2D eigenvalue weighted by Gasteiger charge is -2.26. The second-order valence-corrected chi connectivity index (χ2v) is 3.71. The van der Waals surface area contributed by atoms with Gasteiger partial charge in [-0.2, -0.15) is 0 Å². The summed E-state index contributed by atoms with van der Waals surface area (Å²) in [7, 11) is 0. The molecule has 0 aromatic carbocycles. The molecule has 82 valence electrons. The van der Waals surface area contributed by atoms with Gasteiger partial charge in [-0.3, -0.25) is 4.79 Å². The van der Waals surface area contributed by atoms with E-state index in [-0.39, 0.29) is 17.9 Å². The molecule has 0 atom stereocenters. The van der Waals surface area contributed by atoms with Crippen molar-refractivity contribution in [2.24, 2.45) is 5.73 Å². The molecular formula is C9H13ClN4O. The van der Waals surface area contributed by atoms with Gasteiger partial charge in [-0.25, -0.2) is 9.97 Å². The Kier molecular flexibility index (Phi) is 3.85. The lowest BCUT2D eigenvalue weighted by atomic mass is 10.3. The van der Waals surface area contributed by atoms with Gasteiger partial charge in [0.2, 0.25) is 11.2 Å². The van der Waals surface area contributed by atoms with Gasteiger partial charge in [0.05, 0.1) is 6.54 Å². The van der Waals surface area contributed by atoms with Crippen molar-refractivity contribution in [1.29, 1.82) is 0 Å². The van der Waals surface area contributed by atoms with Gasteiger partial charge >= 0.3 is 0 Å². The second kappa shape index (κ2) is 4.93. The lowest BCUT2D eigenvalue weighted by Crippen LogP contribution is -2.39. The van der Waals surface area contributed by atoms with Crippen molar-refractivity contribution in [3.63, 3.8) is 0 Å². The van der Waals surface area contributed by atoms with E-state index in [4.69, 9.17) is 17.3 Å². The quantitative estimate of drug-likeness (QED) is 0.775. The van der Waals surface area contributed by atoms with Crippen LogP contribution in [0.2, 0.25) is 5.28 Å². The van der Waals surface area contributed by atoms with Gasteiger partial charge in [0.25, 0.3) is 0 Å². The summed E-state index contributed by atoms with van der Waals surface area (Å²) in [6.45, 7) is 4.00. The van der Waals surface area contributed by atoms with Crippen LogP contribution in [-0.2, 0) is 4.79 Å². The minimum atomic E-state index is -0.404. The lowest BCUT2D eigenvalue weighted by molar-refractivity contribution is -0.116. The largest absolute Gasteiger partial charge is 0.368 e. The summed E-state index contributed by atoms with van der Waals surface area (Å²) in [5, 5.41) is 0.155. The number of primary amides is 1. The smallest absolute Gasteiger partial charge is 0.237 e. The van der Waals surface area contributed by atoms with E-state index in [2.05, 4.69) is 9.97 Å². The zero-order valence-electron chi connectivity index (χ0n) is 8.64. The molecule has 0 aliphatic heterocycles. The molecule has 1 amide bonds. The summed E-state index contributed by atoms with van der Waals surface area (Å²) < 4.78 is 0. The van der Waals surface area contributed by atoms with Gasteiger partial charge in [-0.05, 0) is 31.5 Å². The molecule has 0 aliphatic rings. The van der Waals surface area contributed by atoms with E-state index in [1.54, 1.807) is 17.2 Å². The fraction of sp³-hybridized carbons (Fsp3) is 0.444. The van der Waals surface area contributed by atoms with E-state index in [0.29, 0.717) is 5.82 Å². The Morgan fingerprint density at radius 2 is 2.33 bits per heavy atom. The molecule has 0 radical (unpaired) electrons. The molecule has 1 rings (SSSR count).